The largest absolute Gasteiger partial charge is 0.381 e. The van der Waals surface area contributed by atoms with E-state index in [0.29, 0.717) is 6.10 Å². The number of methoxy groups -OCH3 is 1. The number of anilines is 2. The van der Waals surface area contributed by atoms with Crippen LogP contribution < -0.4 is 10.7 Å². The fraction of sp³-hybridized carbons (Fsp3) is 0.281. The smallest absolute Gasteiger partial charge is 0.0900 e. The number of aryl methyl sites for hydroxylation is 2. The minimum atomic E-state index is 0.260. The number of fused-ring (bicyclic) bond motifs is 2. The van der Waals surface area contributed by atoms with Crippen LogP contribution in [0.1, 0.15) is 36.8 Å². The third kappa shape index (κ3) is 4.92. The highest BCUT2D eigenvalue weighted by atomic mass is 16.5. The monoisotopic (exact) mass is 503 g/mol. The number of hydrogen-bond acceptors (Lipinski definition) is 5. The van der Waals surface area contributed by atoms with Gasteiger partial charge in [-0.15, -0.1) is 0 Å². The Bertz CT molecular complexity index is 1610. The van der Waals surface area contributed by atoms with Crippen LogP contribution in [0.4, 0.5) is 11.4 Å². The van der Waals surface area contributed by atoms with Crippen LogP contribution in [-0.2, 0) is 4.74 Å². The number of ether oxygens (including phenoxy) is 1. The normalized spacial score (nSPS) is 18.2. The molecule has 1 aromatic heterocycles. The number of nitrogens with one attached hydrogen (secondary N) is 1. The molecule has 0 atom stereocenters. The minimum absolute atomic E-state index is 0.260. The molecule has 1 saturated carbocycles. The second-order valence-corrected chi connectivity index (χ2v) is 10.3. The fourth-order valence-electron chi connectivity index (χ4n) is 5.41. The summed E-state index contributed by atoms with van der Waals surface area (Å²) in [7, 11) is 1.81. The second kappa shape index (κ2) is 10.4. The molecule has 38 heavy (non-hydrogen) atoms. The molecular formula is C32H33N5O. The third-order valence-electron chi connectivity index (χ3n) is 7.44. The number of nitrogens with zero attached hydrogens (tertiary/aromatic N) is 4. The maximum absolute atomic E-state index is 5.60. The zero-order valence-electron chi connectivity index (χ0n) is 22.2. The van der Waals surface area contributed by atoms with E-state index in [1.807, 2.05) is 25.6 Å². The first-order chi connectivity index (χ1) is 18.6. The van der Waals surface area contributed by atoms with E-state index in [0.717, 1.165) is 76.1 Å². The summed E-state index contributed by atoms with van der Waals surface area (Å²) in [5, 5.41) is 4.54. The molecule has 0 radical (unpaired) electrons. The van der Waals surface area contributed by atoms with Crippen LogP contribution in [0.3, 0.4) is 0 Å². The Labute approximate surface area is 223 Å². The van der Waals surface area contributed by atoms with Crippen LogP contribution in [-0.4, -0.2) is 33.8 Å². The van der Waals surface area contributed by atoms with Crippen LogP contribution in [0.5, 0.6) is 0 Å². The summed E-state index contributed by atoms with van der Waals surface area (Å²) >= 11 is 0. The first-order valence-electron chi connectivity index (χ1n) is 13.4. The van der Waals surface area contributed by atoms with E-state index in [-0.39, 0.29) is 6.04 Å². The number of para-hydroxylation sites is 2. The van der Waals surface area contributed by atoms with Crippen LogP contribution in [0.25, 0.3) is 28.1 Å². The molecule has 0 saturated heterocycles. The van der Waals surface area contributed by atoms with Gasteiger partial charge in [0.1, 0.15) is 0 Å². The molecule has 0 unspecified atom stereocenters. The Kier molecular flexibility index (Phi) is 6.64. The Hall–Kier alpha value is -4.03. The minimum Gasteiger partial charge on any atom is -0.381 e. The summed E-state index contributed by atoms with van der Waals surface area (Å²) in [5.41, 5.74) is 9.29. The van der Waals surface area contributed by atoms with Gasteiger partial charge in [0.25, 0.3) is 0 Å². The van der Waals surface area contributed by atoms with E-state index in [1.54, 1.807) is 0 Å². The van der Waals surface area contributed by atoms with E-state index in [4.69, 9.17) is 14.7 Å². The molecule has 0 amide bonds. The molecule has 0 bridgehead atoms. The summed E-state index contributed by atoms with van der Waals surface area (Å²) < 4.78 is 7.90. The topological polar surface area (TPSA) is 64.3 Å². The summed E-state index contributed by atoms with van der Waals surface area (Å²) in [6, 6.07) is 23.7. The third-order valence-corrected chi connectivity index (χ3v) is 7.44. The van der Waals surface area contributed by atoms with E-state index in [9.17, 15) is 0 Å². The van der Waals surface area contributed by atoms with Gasteiger partial charge < -0.3 is 14.6 Å². The van der Waals surface area contributed by atoms with Gasteiger partial charge in [-0.1, -0.05) is 29.8 Å². The standard InChI is InChI=1S/C32H33N5O/c1-21-8-12-25(13-9-21)37-31-7-5-4-6-27(31)36-30-17-28(35-24-16-22(2)19-33-20-24)29(18-32(30)37)34-23-10-14-26(38-3)15-11-23/h4-9,12-13,16-20,23,26,35H,10-11,14-15H2,1-3H3. The van der Waals surface area contributed by atoms with E-state index in [1.165, 1.54) is 5.56 Å². The van der Waals surface area contributed by atoms with Crippen LogP contribution in [0.2, 0.25) is 0 Å². The molecule has 1 fully saturated rings. The van der Waals surface area contributed by atoms with Crippen LogP contribution in [0, 0.1) is 13.8 Å². The Morgan fingerprint density at radius 1 is 0.895 bits per heavy atom. The molecule has 2 aliphatic carbocycles. The number of rotatable bonds is 5. The molecule has 1 N–H and O–H groups in total. The molecule has 2 aromatic carbocycles. The Morgan fingerprint density at radius 3 is 2.45 bits per heavy atom. The first-order valence-corrected chi connectivity index (χ1v) is 13.4. The van der Waals surface area contributed by atoms with E-state index >= 15 is 0 Å². The van der Waals surface area contributed by atoms with Gasteiger partial charge in [0.05, 0.1) is 57.5 Å². The van der Waals surface area contributed by atoms with Crippen LogP contribution >= 0.6 is 0 Å². The molecule has 3 aliphatic rings. The summed E-state index contributed by atoms with van der Waals surface area (Å²) in [4.78, 5) is 14.8. The highest BCUT2D eigenvalue weighted by Gasteiger charge is 2.21. The lowest BCUT2D eigenvalue weighted by molar-refractivity contribution is 0.0663. The fourth-order valence-corrected chi connectivity index (χ4v) is 5.41. The molecule has 3 aromatic rings. The van der Waals surface area contributed by atoms with Crippen molar-refractivity contribution in [2.45, 2.75) is 51.7 Å². The van der Waals surface area contributed by atoms with Crippen molar-refractivity contribution < 1.29 is 4.74 Å². The van der Waals surface area contributed by atoms with Gasteiger partial charge in [-0.3, -0.25) is 9.98 Å². The molecule has 192 valence electrons. The molecule has 2 heterocycles. The molecule has 6 rings (SSSR count). The maximum Gasteiger partial charge on any atom is 0.0900 e. The van der Waals surface area contributed by atoms with Crippen molar-refractivity contribution in [3.05, 3.63) is 95.6 Å². The molecule has 6 nitrogen and oxygen atoms in total. The van der Waals surface area contributed by atoms with Gasteiger partial charge >= 0.3 is 0 Å². The lowest BCUT2D eigenvalue weighted by Gasteiger charge is -2.25. The Morgan fingerprint density at radius 2 is 1.68 bits per heavy atom. The maximum atomic E-state index is 5.60. The van der Waals surface area contributed by atoms with Crippen molar-refractivity contribution in [1.29, 1.82) is 0 Å². The zero-order valence-corrected chi connectivity index (χ0v) is 22.2. The molecule has 0 spiro atoms. The van der Waals surface area contributed by atoms with Crippen LogP contribution in [0.15, 0.2) is 84.1 Å². The number of hydrogen-bond donors (Lipinski definition) is 1. The van der Waals surface area contributed by atoms with Gasteiger partial charge in [0.15, 0.2) is 0 Å². The lowest BCUT2D eigenvalue weighted by Crippen LogP contribution is -2.25. The molecule has 1 aliphatic heterocycles. The summed E-state index contributed by atoms with van der Waals surface area (Å²) in [6.07, 6.45) is 8.19. The number of pyridine rings is 1. The summed E-state index contributed by atoms with van der Waals surface area (Å²) in [5.74, 6) is 0. The van der Waals surface area contributed by atoms with Gasteiger partial charge in [0.2, 0.25) is 0 Å². The molecule has 6 heteroatoms. The average Bonchev–Trinajstić information content (AvgIpc) is 2.93. The van der Waals surface area contributed by atoms with Crippen molar-refractivity contribution >= 4 is 22.4 Å². The van der Waals surface area contributed by atoms with Crippen molar-refractivity contribution in [1.82, 2.24) is 14.5 Å². The summed E-state index contributed by atoms with van der Waals surface area (Å²) in [6.45, 7) is 4.17. The number of aromatic nitrogens is 3. The average molecular weight is 504 g/mol. The SMILES string of the molecule is COC1CCC(N=c2cc3n(-c4ccc(C)cc4)c4ccccc4nc-3cc2Nc2cncc(C)c2)CC1. The van der Waals surface area contributed by atoms with Gasteiger partial charge in [-0.2, -0.15) is 0 Å². The van der Waals surface area contributed by atoms with E-state index in [2.05, 4.69) is 89.4 Å². The second-order valence-electron chi connectivity index (χ2n) is 10.3. The van der Waals surface area contributed by atoms with Gasteiger partial charge in [-0.25, -0.2) is 4.98 Å². The zero-order chi connectivity index (χ0) is 26.1. The van der Waals surface area contributed by atoms with Crippen molar-refractivity contribution in [2.75, 3.05) is 12.4 Å². The quantitative estimate of drug-likeness (QED) is 0.270. The predicted octanol–water partition coefficient (Wildman–Crippen LogP) is 6.74. The molecular weight excluding hydrogens is 470 g/mol. The highest BCUT2D eigenvalue weighted by molar-refractivity contribution is 5.84. The van der Waals surface area contributed by atoms with Crippen molar-refractivity contribution in [2.24, 2.45) is 4.99 Å². The van der Waals surface area contributed by atoms with Crippen molar-refractivity contribution in [3.8, 4) is 17.1 Å². The number of benzene rings is 3. The first kappa shape index (κ1) is 24.3. The van der Waals surface area contributed by atoms with E-state index < -0.39 is 0 Å². The lowest BCUT2D eigenvalue weighted by atomic mass is 9.93. The highest BCUT2D eigenvalue weighted by Crippen LogP contribution is 2.31. The van der Waals surface area contributed by atoms with Gasteiger partial charge in [-0.05, 0) is 87.6 Å². The Balaban J connectivity index is 1.57. The van der Waals surface area contributed by atoms with Gasteiger partial charge in [0, 0.05) is 19.0 Å². The van der Waals surface area contributed by atoms with Crippen molar-refractivity contribution in [3.63, 3.8) is 0 Å². The predicted molar refractivity (Wildman–Crippen MR) is 153 cm³/mol.